The molecule has 0 atom stereocenters. The van der Waals surface area contributed by atoms with Crippen LogP contribution in [0.5, 0.6) is 5.75 Å². The fourth-order valence-electron chi connectivity index (χ4n) is 2.36. The van der Waals surface area contributed by atoms with Gasteiger partial charge in [-0.05, 0) is 56.1 Å². The zero-order valence-corrected chi connectivity index (χ0v) is 20.3. The molecule has 0 saturated heterocycles. The van der Waals surface area contributed by atoms with Gasteiger partial charge in [-0.3, -0.25) is 14.4 Å². The number of hydrogen-bond donors (Lipinski definition) is 3. The summed E-state index contributed by atoms with van der Waals surface area (Å²) in [5.41, 5.74) is 0.266. The highest BCUT2D eigenvalue weighted by Gasteiger charge is 2.18. The summed E-state index contributed by atoms with van der Waals surface area (Å²) < 4.78 is 21.3. The number of halogens is 4. The normalized spacial score (nSPS) is 10.7. The summed E-state index contributed by atoms with van der Waals surface area (Å²) in [7, 11) is 0. The van der Waals surface area contributed by atoms with Gasteiger partial charge in [0.05, 0.1) is 14.6 Å². The number of anilines is 1. The number of amides is 2. The van der Waals surface area contributed by atoms with Gasteiger partial charge in [-0.1, -0.05) is 25.4 Å². The molecule has 0 aromatic heterocycles. The average Bonchev–Trinajstić information content (AvgIpc) is 2.68. The molecule has 0 radical (unpaired) electrons. The van der Waals surface area contributed by atoms with Crippen LogP contribution in [0.25, 0.3) is 0 Å². The van der Waals surface area contributed by atoms with Crippen molar-refractivity contribution in [1.29, 1.82) is 0 Å². The lowest BCUT2D eigenvalue weighted by Crippen LogP contribution is -2.29. The Kier molecular flexibility index (Phi) is 8.84. The third-order valence-corrected chi connectivity index (χ3v) is 5.32. The van der Waals surface area contributed by atoms with E-state index >= 15 is 0 Å². The van der Waals surface area contributed by atoms with Gasteiger partial charge in [0, 0.05) is 22.1 Å². The number of rotatable bonds is 8. The summed E-state index contributed by atoms with van der Waals surface area (Å²) in [6.45, 7) is 2.64. The Morgan fingerprint density at radius 3 is 2.32 bits per heavy atom. The Labute approximate surface area is 199 Å². The molecule has 166 valence electrons. The second-order valence-electron chi connectivity index (χ2n) is 6.70. The van der Waals surface area contributed by atoms with Crippen LogP contribution in [0.1, 0.15) is 29.8 Å². The fraction of sp³-hybridized carbons (Fsp3) is 0.250. The number of nitrogens with one attached hydrogen (secondary N) is 2. The molecule has 0 heterocycles. The van der Waals surface area contributed by atoms with Crippen LogP contribution < -0.4 is 15.4 Å². The van der Waals surface area contributed by atoms with E-state index in [0.717, 1.165) is 0 Å². The van der Waals surface area contributed by atoms with E-state index in [9.17, 15) is 18.8 Å². The van der Waals surface area contributed by atoms with Gasteiger partial charge < -0.3 is 20.5 Å². The van der Waals surface area contributed by atoms with Crippen molar-refractivity contribution in [3.8, 4) is 5.75 Å². The Bertz CT molecular complexity index is 1010. The number of ether oxygens (including phenoxy) is 1. The van der Waals surface area contributed by atoms with E-state index in [1.54, 1.807) is 13.8 Å². The van der Waals surface area contributed by atoms with E-state index in [0.29, 0.717) is 14.7 Å². The Morgan fingerprint density at radius 1 is 1.16 bits per heavy atom. The quantitative estimate of drug-likeness (QED) is 0.408. The van der Waals surface area contributed by atoms with Crippen molar-refractivity contribution in [3.63, 3.8) is 0 Å². The van der Waals surface area contributed by atoms with Gasteiger partial charge in [0.2, 0.25) is 5.91 Å². The van der Waals surface area contributed by atoms with Gasteiger partial charge in [-0.25, -0.2) is 4.39 Å². The molecule has 0 saturated carbocycles. The number of carbonyl (C=O) groups is 3. The van der Waals surface area contributed by atoms with Crippen molar-refractivity contribution in [2.75, 3.05) is 11.9 Å². The molecule has 2 aromatic rings. The van der Waals surface area contributed by atoms with Gasteiger partial charge in [0.1, 0.15) is 18.9 Å². The molecule has 2 aromatic carbocycles. The first kappa shape index (κ1) is 25.1. The Balaban J connectivity index is 2.21. The third kappa shape index (κ3) is 6.91. The first-order valence-electron chi connectivity index (χ1n) is 8.90. The van der Waals surface area contributed by atoms with Gasteiger partial charge in [-0.15, -0.1) is 0 Å². The summed E-state index contributed by atoms with van der Waals surface area (Å²) in [5, 5.41) is 13.6. The first-order valence-corrected chi connectivity index (χ1v) is 10.9. The highest BCUT2D eigenvalue weighted by molar-refractivity contribution is 9.11. The smallest absolute Gasteiger partial charge is 0.322 e. The largest absolute Gasteiger partial charge is 0.486 e. The second-order valence-corrected chi connectivity index (χ2v) is 8.85. The average molecular weight is 581 g/mol. The van der Waals surface area contributed by atoms with Crippen LogP contribution in [-0.2, 0) is 16.2 Å². The van der Waals surface area contributed by atoms with Crippen LogP contribution >= 0.6 is 43.5 Å². The first-order chi connectivity index (χ1) is 14.5. The number of carboxylic acids is 1. The zero-order valence-electron chi connectivity index (χ0n) is 16.4. The maximum absolute atomic E-state index is 14.8. The monoisotopic (exact) mass is 578 g/mol. The molecule has 0 aliphatic rings. The molecule has 0 fully saturated rings. The summed E-state index contributed by atoms with van der Waals surface area (Å²) in [6, 6.07) is 5.59. The van der Waals surface area contributed by atoms with Crippen molar-refractivity contribution < 1.29 is 28.6 Å². The van der Waals surface area contributed by atoms with E-state index in [1.807, 2.05) is 0 Å². The lowest BCUT2D eigenvalue weighted by atomic mass is 10.1. The van der Waals surface area contributed by atoms with Gasteiger partial charge >= 0.3 is 5.97 Å². The molecule has 11 heteroatoms. The van der Waals surface area contributed by atoms with E-state index in [4.69, 9.17) is 21.4 Å². The minimum atomic E-state index is -1.17. The van der Waals surface area contributed by atoms with E-state index in [-0.39, 0.29) is 40.3 Å². The van der Waals surface area contributed by atoms with Crippen LogP contribution in [0.3, 0.4) is 0 Å². The van der Waals surface area contributed by atoms with Gasteiger partial charge in [-0.2, -0.15) is 0 Å². The summed E-state index contributed by atoms with van der Waals surface area (Å²) >= 11 is 12.6. The van der Waals surface area contributed by atoms with Crippen molar-refractivity contribution in [1.82, 2.24) is 5.32 Å². The predicted octanol–water partition coefficient (Wildman–Crippen LogP) is 4.99. The summed E-state index contributed by atoms with van der Waals surface area (Å²) in [4.78, 5) is 34.5. The lowest BCUT2D eigenvalue weighted by molar-refractivity contribution is -0.135. The molecule has 31 heavy (non-hydrogen) atoms. The van der Waals surface area contributed by atoms with E-state index in [2.05, 4.69) is 42.5 Å². The molecule has 0 spiro atoms. The zero-order chi connectivity index (χ0) is 23.3. The van der Waals surface area contributed by atoms with Crippen molar-refractivity contribution in [3.05, 3.63) is 55.2 Å². The molecule has 0 unspecified atom stereocenters. The molecule has 3 N–H and O–H groups in total. The highest BCUT2D eigenvalue weighted by atomic mass is 79.9. The third-order valence-electron chi connectivity index (χ3n) is 3.93. The minimum absolute atomic E-state index is 0.0478. The maximum atomic E-state index is 14.8. The standard InChI is InChI=1S/C20H18Br2ClFN2O5/c1-9(2)19(29)26-15-6-12(23)3-11(17(15)24)8-31-18-13(21)4-10(5-14(18)22)20(30)25-7-16(27)28/h3-6,9H,7-8H2,1-2H3,(H,25,30)(H,26,29)(H,27,28). The van der Waals surface area contributed by atoms with Crippen LogP contribution in [-0.4, -0.2) is 29.4 Å². The van der Waals surface area contributed by atoms with Crippen molar-refractivity contribution in [2.24, 2.45) is 5.92 Å². The topological polar surface area (TPSA) is 105 Å². The molecule has 7 nitrogen and oxygen atoms in total. The molecule has 2 amide bonds. The number of aliphatic carboxylic acids is 1. The molecule has 0 aliphatic carbocycles. The SMILES string of the molecule is CC(C)C(=O)Nc1cc(Cl)cc(COc2c(Br)cc(C(=O)NCC(=O)O)cc2Br)c1F. The highest BCUT2D eigenvalue weighted by Crippen LogP contribution is 2.36. The Hall–Kier alpha value is -2.17. The van der Waals surface area contributed by atoms with Gasteiger partial charge in [0.15, 0.2) is 5.82 Å². The summed E-state index contributed by atoms with van der Waals surface area (Å²) in [5.74, 6) is -2.82. The molecular formula is C20H18Br2ClFN2O5. The lowest BCUT2D eigenvalue weighted by Gasteiger charge is -2.15. The van der Waals surface area contributed by atoms with E-state index in [1.165, 1.54) is 24.3 Å². The molecule has 2 rings (SSSR count). The van der Waals surface area contributed by atoms with Crippen LogP contribution in [0.4, 0.5) is 10.1 Å². The molecule has 0 aliphatic heterocycles. The van der Waals surface area contributed by atoms with E-state index < -0.39 is 24.2 Å². The number of carbonyl (C=O) groups excluding carboxylic acids is 2. The number of carboxylic acid groups (broad SMARTS) is 1. The second kappa shape index (κ2) is 10.9. The summed E-state index contributed by atoms with van der Waals surface area (Å²) in [6.07, 6.45) is 0. The molecule has 0 bridgehead atoms. The van der Waals surface area contributed by atoms with Crippen LogP contribution in [0.15, 0.2) is 33.2 Å². The Morgan fingerprint density at radius 2 is 1.77 bits per heavy atom. The predicted molar refractivity (Wildman–Crippen MR) is 121 cm³/mol. The van der Waals surface area contributed by atoms with Crippen LogP contribution in [0.2, 0.25) is 5.02 Å². The number of benzene rings is 2. The van der Waals surface area contributed by atoms with Gasteiger partial charge in [0.25, 0.3) is 5.91 Å². The minimum Gasteiger partial charge on any atom is -0.486 e. The number of hydrogen-bond acceptors (Lipinski definition) is 4. The van der Waals surface area contributed by atoms with Crippen molar-refractivity contribution >= 4 is 66.9 Å². The van der Waals surface area contributed by atoms with Crippen molar-refractivity contribution in [2.45, 2.75) is 20.5 Å². The fourth-order valence-corrected chi connectivity index (χ4v) is 4.01. The van der Waals surface area contributed by atoms with Crippen LogP contribution in [0, 0.1) is 11.7 Å². The molecular weight excluding hydrogens is 562 g/mol. The maximum Gasteiger partial charge on any atom is 0.322 e.